The molecular formula is C39H43BrClN8O5P. The molecular weight excluding hydrogens is 807 g/mol. The lowest BCUT2D eigenvalue weighted by molar-refractivity contribution is -0.136. The van der Waals surface area contributed by atoms with Crippen molar-refractivity contribution >= 4 is 86.5 Å². The van der Waals surface area contributed by atoms with Crippen molar-refractivity contribution in [2.75, 3.05) is 56.1 Å². The molecule has 0 saturated carbocycles. The summed E-state index contributed by atoms with van der Waals surface area (Å²) in [6, 6.07) is 17.0. The smallest absolute Gasteiger partial charge is 0.255 e. The molecule has 2 fully saturated rings. The highest BCUT2D eigenvalue weighted by atomic mass is 79.9. The van der Waals surface area contributed by atoms with Gasteiger partial charge in [-0.25, -0.2) is 4.98 Å². The fourth-order valence-corrected chi connectivity index (χ4v) is 9.42. The average molecular weight is 850 g/mol. The van der Waals surface area contributed by atoms with Gasteiger partial charge in [-0.15, -0.1) is 0 Å². The number of rotatable bonds is 11. The van der Waals surface area contributed by atoms with Gasteiger partial charge in [-0.1, -0.05) is 45.7 Å². The second-order valence-electron chi connectivity index (χ2n) is 14.5. The van der Waals surface area contributed by atoms with Crippen molar-refractivity contribution in [3.63, 3.8) is 0 Å². The highest BCUT2D eigenvalue weighted by molar-refractivity contribution is 9.10. The molecule has 16 heteroatoms. The van der Waals surface area contributed by atoms with E-state index in [1.165, 1.54) is 6.20 Å². The van der Waals surface area contributed by atoms with Gasteiger partial charge in [-0.2, -0.15) is 4.98 Å². The number of hydrogen-bond donors (Lipinski definition) is 3. The minimum Gasteiger partial charge on any atom is -0.494 e. The minimum absolute atomic E-state index is 0.178. The molecule has 0 radical (unpaired) electrons. The number of aromatic nitrogens is 2. The van der Waals surface area contributed by atoms with Crippen LogP contribution in [-0.4, -0.2) is 90.1 Å². The monoisotopic (exact) mass is 848 g/mol. The zero-order valence-electron chi connectivity index (χ0n) is 31.1. The lowest BCUT2D eigenvalue weighted by Gasteiger charge is -2.38. The Bertz CT molecular complexity index is 2210. The topological polar surface area (TPSA) is 149 Å². The Hall–Kier alpha value is -4.49. The molecule has 0 bridgehead atoms. The number of benzene rings is 3. The zero-order chi connectivity index (χ0) is 39.0. The van der Waals surface area contributed by atoms with Crippen molar-refractivity contribution in [2.24, 2.45) is 0 Å². The lowest BCUT2D eigenvalue weighted by Crippen LogP contribution is -2.52. The van der Waals surface area contributed by atoms with E-state index in [9.17, 15) is 18.9 Å². The number of ether oxygens (including phenoxy) is 1. The standard InChI is InChI=1S/C39H43BrClN8O5P/c1-47(21-23-9-11-26-27(35(23)40)22-49(38(26)52)31-13-14-34(50)45-37(31)51)24-15-17-48(18-16-24)25-10-12-29(32(19-25)54-2)44-39-42-20-28(41)36(46-39)43-30-7-5-6-8-33(30)55(3,4)53/h5-12,19-20,24,31H,13-18,21-22H2,1-4H3,(H,45,50,51)(H2,42,43,44,46). The van der Waals surface area contributed by atoms with Gasteiger partial charge in [0.05, 0.1) is 24.7 Å². The Morgan fingerprint density at radius 2 is 1.80 bits per heavy atom. The number of piperidine rings is 2. The zero-order valence-corrected chi connectivity index (χ0v) is 34.3. The van der Waals surface area contributed by atoms with Gasteiger partial charge in [0.2, 0.25) is 17.8 Å². The molecule has 3 aliphatic rings. The first-order valence-corrected chi connectivity index (χ1v) is 21.9. The first-order valence-electron chi connectivity index (χ1n) is 18.1. The van der Waals surface area contributed by atoms with Crippen molar-refractivity contribution in [3.8, 4) is 5.75 Å². The van der Waals surface area contributed by atoms with E-state index in [0.717, 1.165) is 47.2 Å². The number of fused-ring (bicyclic) bond motifs is 1. The van der Waals surface area contributed by atoms with Crippen LogP contribution in [0, 0.1) is 0 Å². The highest BCUT2D eigenvalue weighted by Gasteiger charge is 2.40. The van der Waals surface area contributed by atoms with Gasteiger partial charge >= 0.3 is 0 Å². The first-order chi connectivity index (χ1) is 26.3. The predicted octanol–water partition coefficient (Wildman–Crippen LogP) is 6.50. The maximum atomic E-state index is 13.3. The van der Waals surface area contributed by atoms with E-state index in [1.807, 2.05) is 48.5 Å². The summed E-state index contributed by atoms with van der Waals surface area (Å²) in [5.74, 6) is 0.467. The Balaban J connectivity index is 0.969. The Kier molecular flexibility index (Phi) is 11.2. The molecule has 3 aliphatic heterocycles. The Morgan fingerprint density at radius 3 is 2.53 bits per heavy atom. The second kappa shape index (κ2) is 15.9. The van der Waals surface area contributed by atoms with Gasteiger partial charge in [0.15, 0.2) is 5.82 Å². The number of nitrogens with one attached hydrogen (secondary N) is 3. The van der Waals surface area contributed by atoms with Gasteiger partial charge < -0.3 is 29.7 Å². The molecule has 1 unspecified atom stereocenters. The van der Waals surface area contributed by atoms with Crippen LogP contribution in [0.1, 0.15) is 47.2 Å². The normalized spacial score (nSPS) is 17.7. The molecule has 288 valence electrons. The van der Waals surface area contributed by atoms with E-state index in [-0.39, 0.29) is 18.2 Å². The molecule has 3 amide bonds. The molecule has 3 aromatic carbocycles. The number of nitrogens with zero attached hydrogens (tertiary/aromatic N) is 5. The molecule has 55 heavy (non-hydrogen) atoms. The number of anilines is 5. The molecule has 2 saturated heterocycles. The number of halogens is 2. The maximum Gasteiger partial charge on any atom is 0.255 e. The van der Waals surface area contributed by atoms with Gasteiger partial charge in [0.1, 0.15) is 24.0 Å². The largest absolute Gasteiger partial charge is 0.494 e. The summed E-state index contributed by atoms with van der Waals surface area (Å²) >= 11 is 10.3. The molecule has 1 aromatic heterocycles. The summed E-state index contributed by atoms with van der Waals surface area (Å²) in [7, 11) is 1.21. The van der Waals surface area contributed by atoms with Crippen molar-refractivity contribution in [3.05, 3.63) is 87.0 Å². The number of para-hydroxylation sites is 1. The van der Waals surface area contributed by atoms with Crippen LogP contribution in [-0.2, 0) is 27.2 Å². The number of amides is 3. The van der Waals surface area contributed by atoms with E-state index >= 15 is 0 Å². The summed E-state index contributed by atoms with van der Waals surface area (Å²) in [6.07, 6.45) is 4.01. The SMILES string of the molecule is COc1cc(N2CCC(N(C)Cc3ccc4c(c3Br)CN(C3CCC(=O)NC3=O)C4=O)CC2)ccc1Nc1ncc(Cl)c(Nc2ccccc2P(C)(C)=O)n1. The third-order valence-corrected chi connectivity index (χ3v) is 13.3. The van der Waals surface area contributed by atoms with E-state index < -0.39 is 19.1 Å². The van der Waals surface area contributed by atoms with Crippen LogP contribution >= 0.6 is 34.7 Å². The molecule has 0 aliphatic carbocycles. The van der Waals surface area contributed by atoms with Crippen molar-refractivity contribution in [2.45, 2.75) is 50.9 Å². The number of hydrogen-bond acceptors (Lipinski definition) is 11. The maximum absolute atomic E-state index is 13.3. The molecule has 4 heterocycles. The summed E-state index contributed by atoms with van der Waals surface area (Å²) in [4.78, 5) is 52.7. The predicted molar refractivity (Wildman–Crippen MR) is 219 cm³/mol. The fourth-order valence-electron chi connectivity index (χ4n) is 7.53. The Morgan fingerprint density at radius 1 is 1.04 bits per heavy atom. The number of carbonyl (C=O) groups excluding carboxylic acids is 3. The summed E-state index contributed by atoms with van der Waals surface area (Å²) < 4.78 is 19.6. The molecule has 13 nitrogen and oxygen atoms in total. The molecule has 0 spiro atoms. The summed E-state index contributed by atoms with van der Waals surface area (Å²) in [6.45, 7) is 6.21. The van der Waals surface area contributed by atoms with Gasteiger partial charge in [-0.3, -0.25) is 24.6 Å². The Labute approximate surface area is 333 Å². The highest BCUT2D eigenvalue weighted by Crippen LogP contribution is 2.40. The van der Waals surface area contributed by atoms with E-state index in [0.29, 0.717) is 70.3 Å². The summed E-state index contributed by atoms with van der Waals surface area (Å²) in [5, 5.41) is 9.90. The third-order valence-electron chi connectivity index (χ3n) is 10.5. The van der Waals surface area contributed by atoms with Gasteiger partial charge in [0, 0.05) is 65.7 Å². The van der Waals surface area contributed by atoms with Gasteiger partial charge in [-0.05, 0) is 81.1 Å². The van der Waals surface area contributed by atoms with E-state index in [4.69, 9.17) is 16.3 Å². The molecule has 4 aromatic rings. The number of imide groups is 1. The van der Waals surface area contributed by atoms with Crippen molar-refractivity contribution in [1.29, 1.82) is 0 Å². The molecule has 1 atom stereocenters. The van der Waals surface area contributed by atoms with Crippen LogP contribution in [0.5, 0.6) is 5.75 Å². The third kappa shape index (κ3) is 8.23. The molecule has 3 N–H and O–H groups in total. The van der Waals surface area contributed by atoms with Crippen LogP contribution in [0.3, 0.4) is 0 Å². The average Bonchev–Trinajstić information content (AvgIpc) is 3.50. The van der Waals surface area contributed by atoms with Crippen molar-refractivity contribution in [1.82, 2.24) is 25.1 Å². The van der Waals surface area contributed by atoms with Crippen LogP contribution in [0.4, 0.5) is 28.8 Å². The van der Waals surface area contributed by atoms with Crippen molar-refractivity contribution < 1.29 is 23.7 Å². The quantitative estimate of drug-likeness (QED) is 0.112. The number of carbonyl (C=O) groups is 3. The summed E-state index contributed by atoms with van der Waals surface area (Å²) in [5.41, 5.74) is 4.98. The van der Waals surface area contributed by atoms with E-state index in [1.54, 1.807) is 25.3 Å². The fraction of sp³-hybridized carbons (Fsp3) is 0.359. The minimum atomic E-state index is -2.56. The van der Waals surface area contributed by atoms with E-state index in [2.05, 4.69) is 64.8 Å². The van der Waals surface area contributed by atoms with Crippen LogP contribution in [0.25, 0.3) is 0 Å². The first kappa shape index (κ1) is 38.8. The van der Waals surface area contributed by atoms with Gasteiger partial charge in [0.25, 0.3) is 5.91 Å². The lowest BCUT2D eigenvalue weighted by atomic mass is 10.0. The van der Waals surface area contributed by atoms with Crippen LogP contribution in [0.15, 0.2) is 65.3 Å². The van der Waals surface area contributed by atoms with Crippen LogP contribution in [0.2, 0.25) is 5.02 Å². The van der Waals surface area contributed by atoms with Crippen LogP contribution < -0.4 is 30.9 Å². The second-order valence-corrected chi connectivity index (χ2v) is 18.9. The number of methoxy groups -OCH3 is 1. The molecule has 7 rings (SSSR count).